The lowest BCUT2D eigenvalue weighted by atomic mass is 10.00. The lowest BCUT2D eigenvalue weighted by molar-refractivity contribution is 0.475. The monoisotopic (exact) mass is 387 g/mol. The Bertz CT molecular complexity index is 1160. The maximum atomic E-state index is 9.75. The third kappa shape index (κ3) is 3.44. The van der Waals surface area contributed by atoms with Gasteiger partial charge in [-0.15, -0.1) is 0 Å². The molecule has 2 N–H and O–H groups in total. The van der Waals surface area contributed by atoms with Gasteiger partial charge in [-0.1, -0.05) is 39.8 Å². The molecule has 0 aliphatic rings. The topological polar surface area (TPSA) is 70.7 Å². The van der Waals surface area contributed by atoms with Gasteiger partial charge in [-0.05, 0) is 59.9 Å². The molecule has 0 aliphatic carbocycles. The average molecular weight is 387 g/mol. The van der Waals surface area contributed by atoms with Gasteiger partial charge in [-0.25, -0.2) is 9.50 Å². The molecule has 4 rings (SSSR count). The molecule has 0 amide bonds. The number of benzene rings is 2. The fraction of sp³-hybridized carbons (Fsp3) is 0.250. The van der Waals surface area contributed by atoms with Crippen molar-refractivity contribution in [3.63, 3.8) is 0 Å². The molecule has 4 aromatic rings. The zero-order valence-corrected chi connectivity index (χ0v) is 17.1. The van der Waals surface area contributed by atoms with E-state index in [1.54, 1.807) is 24.3 Å². The highest BCUT2D eigenvalue weighted by Crippen LogP contribution is 2.37. The SMILES string of the molecule is CC(C)c1cc(C(C)C)n2nc(-c3ccc(O)cc3)c(-c3ccc(O)cc3)c2n1. The van der Waals surface area contributed by atoms with Gasteiger partial charge in [0.1, 0.15) is 17.2 Å². The van der Waals surface area contributed by atoms with Crippen LogP contribution in [-0.4, -0.2) is 24.8 Å². The standard InChI is InChI=1S/C24H25N3O2/c1-14(2)20-13-21(15(3)4)27-24(25-20)22(16-5-9-18(28)10-6-16)23(26-27)17-7-11-19(29)12-8-17/h5-15,28-29H,1-4H3. The summed E-state index contributed by atoms with van der Waals surface area (Å²) in [4.78, 5) is 4.97. The second kappa shape index (κ2) is 7.24. The molecule has 0 radical (unpaired) electrons. The number of rotatable bonds is 4. The minimum atomic E-state index is 0.215. The van der Waals surface area contributed by atoms with Gasteiger partial charge in [0.2, 0.25) is 0 Å². The quantitative estimate of drug-likeness (QED) is 0.470. The highest BCUT2D eigenvalue weighted by atomic mass is 16.3. The molecule has 0 saturated carbocycles. The Hall–Kier alpha value is -3.34. The zero-order valence-electron chi connectivity index (χ0n) is 17.1. The van der Waals surface area contributed by atoms with Crippen LogP contribution in [0.25, 0.3) is 28.0 Å². The molecule has 0 aliphatic heterocycles. The first-order chi connectivity index (χ1) is 13.8. The third-order valence-corrected chi connectivity index (χ3v) is 5.12. The van der Waals surface area contributed by atoms with Crippen LogP contribution in [0.1, 0.15) is 50.9 Å². The summed E-state index contributed by atoms with van der Waals surface area (Å²) in [5.74, 6) is 0.998. The van der Waals surface area contributed by atoms with Crippen LogP contribution in [0.3, 0.4) is 0 Å². The lowest BCUT2D eigenvalue weighted by Crippen LogP contribution is -2.06. The normalized spacial score (nSPS) is 11.7. The van der Waals surface area contributed by atoms with Crippen LogP contribution in [-0.2, 0) is 0 Å². The number of nitrogens with zero attached hydrogens (tertiary/aromatic N) is 3. The van der Waals surface area contributed by atoms with Crippen molar-refractivity contribution >= 4 is 5.65 Å². The molecule has 148 valence electrons. The Labute approximate surface area is 170 Å². The number of phenols is 2. The predicted octanol–water partition coefficient (Wildman–Crippen LogP) is 5.72. The Kier molecular flexibility index (Phi) is 4.74. The van der Waals surface area contributed by atoms with E-state index in [4.69, 9.17) is 10.1 Å². The molecule has 0 bridgehead atoms. The van der Waals surface area contributed by atoms with Crippen LogP contribution in [0.4, 0.5) is 0 Å². The van der Waals surface area contributed by atoms with E-state index in [1.807, 2.05) is 28.8 Å². The molecule has 2 heterocycles. The van der Waals surface area contributed by atoms with Crippen LogP contribution >= 0.6 is 0 Å². The second-order valence-electron chi connectivity index (χ2n) is 7.97. The molecular formula is C24H25N3O2. The molecule has 2 aromatic carbocycles. The van der Waals surface area contributed by atoms with Crippen LogP contribution in [0.2, 0.25) is 0 Å². The van der Waals surface area contributed by atoms with Gasteiger partial charge in [-0.3, -0.25) is 0 Å². The highest BCUT2D eigenvalue weighted by Gasteiger charge is 2.22. The van der Waals surface area contributed by atoms with Crippen molar-refractivity contribution < 1.29 is 10.2 Å². The summed E-state index contributed by atoms with van der Waals surface area (Å²) in [7, 11) is 0. The van der Waals surface area contributed by atoms with Crippen LogP contribution in [0.5, 0.6) is 11.5 Å². The van der Waals surface area contributed by atoms with Crippen LogP contribution in [0.15, 0.2) is 54.6 Å². The molecule has 2 aromatic heterocycles. The Morgan fingerprint density at radius 3 is 1.83 bits per heavy atom. The van der Waals surface area contributed by atoms with E-state index in [9.17, 15) is 10.2 Å². The number of aromatic nitrogens is 3. The van der Waals surface area contributed by atoms with Gasteiger partial charge >= 0.3 is 0 Å². The Morgan fingerprint density at radius 2 is 1.31 bits per heavy atom. The minimum Gasteiger partial charge on any atom is -0.508 e. The van der Waals surface area contributed by atoms with E-state index in [-0.39, 0.29) is 23.3 Å². The van der Waals surface area contributed by atoms with Gasteiger partial charge in [0.05, 0.1) is 5.56 Å². The summed E-state index contributed by atoms with van der Waals surface area (Å²) in [6, 6.07) is 16.3. The molecule has 0 spiro atoms. The first kappa shape index (κ1) is 19.0. The molecular weight excluding hydrogens is 362 g/mol. The lowest BCUT2D eigenvalue weighted by Gasteiger charge is -2.13. The largest absolute Gasteiger partial charge is 0.508 e. The van der Waals surface area contributed by atoms with Crippen molar-refractivity contribution in [1.29, 1.82) is 0 Å². The Balaban J connectivity index is 2.10. The molecule has 0 atom stereocenters. The molecule has 5 heteroatoms. The summed E-state index contributed by atoms with van der Waals surface area (Å²) >= 11 is 0. The van der Waals surface area contributed by atoms with Crippen LogP contribution in [0, 0.1) is 0 Å². The second-order valence-corrected chi connectivity index (χ2v) is 7.97. The number of hydrogen-bond acceptors (Lipinski definition) is 4. The van der Waals surface area contributed by atoms with Gasteiger partial charge < -0.3 is 10.2 Å². The predicted molar refractivity (Wildman–Crippen MR) is 115 cm³/mol. The van der Waals surface area contributed by atoms with Crippen molar-refractivity contribution in [3.05, 3.63) is 66.0 Å². The Morgan fingerprint density at radius 1 is 0.759 bits per heavy atom. The van der Waals surface area contributed by atoms with Gasteiger partial charge in [0.25, 0.3) is 0 Å². The maximum Gasteiger partial charge on any atom is 0.164 e. The summed E-state index contributed by atoms with van der Waals surface area (Å²) in [6.07, 6.45) is 0. The molecule has 29 heavy (non-hydrogen) atoms. The van der Waals surface area contributed by atoms with E-state index in [1.165, 1.54) is 0 Å². The molecule has 5 nitrogen and oxygen atoms in total. The van der Waals surface area contributed by atoms with Gasteiger partial charge in [0.15, 0.2) is 5.65 Å². The van der Waals surface area contributed by atoms with Gasteiger partial charge in [-0.2, -0.15) is 5.10 Å². The minimum absolute atomic E-state index is 0.215. The highest BCUT2D eigenvalue weighted by molar-refractivity contribution is 5.90. The summed E-state index contributed by atoms with van der Waals surface area (Å²) in [5.41, 5.74) is 6.48. The van der Waals surface area contributed by atoms with E-state index < -0.39 is 0 Å². The fourth-order valence-electron chi connectivity index (χ4n) is 3.48. The summed E-state index contributed by atoms with van der Waals surface area (Å²) < 4.78 is 1.93. The van der Waals surface area contributed by atoms with E-state index in [0.29, 0.717) is 0 Å². The van der Waals surface area contributed by atoms with Gasteiger partial charge in [0, 0.05) is 17.0 Å². The average Bonchev–Trinajstić information content (AvgIpc) is 3.07. The van der Waals surface area contributed by atoms with Crippen molar-refractivity contribution in [3.8, 4) is 33.9 Å². The van der Waals surface area contributed by atoms with Crippen molar-refractivity contribution in [1.82, 2.24) is 14.6 Å². The molecule has 0 unspecified atom stereocenters. The maximum absolute atomic E-state index is 9.75. The van der Waals surface area contributed by atoms with E-state index in [0.717, 1.165) is 39.4 Å². The molecule has 0 saturated heterocycles. The zero-order chi connectivity index (χ0) is 20.7. The third-order valence-electron chi connectivity index (χ3n) is 5.12. The number of hydrogen-bond donors (Lipinski definition) is 2. The smallest absolute Gasteiger partial charge is 0.164 e. The van der Waals surface area contributed by atoms with Crippen LogP contribution < -0.4 is 0 Å². The fourth-order valence-corrected chi connectivity index (χ4v) is 3.48. The number of aromatic hydroxyl groups is 2. The van der Waals surface area contributed by atoms with Crippen molar-refractivity contribution in [2.75, 3.05) is 0 Å². The molecule has 0 fully saturated rings. The van der Waals surface area contributed by atoms with Crippen molar-refractivity contribution in [2.24, 2.45) is 0 Å². The first-order valence-corrected chi connectivity index (χ1v) is 9.87. The first-order valence-electron chi connectivity index (χ1n) is 9.87. The summed E-state index contributed by atoms with van der Waals surface area (Å²) in [5, 5.41) is 24.4. The van der Waals surface area contributed by atoms with E-state index >= 15 is 0 Å². The van der Waals surface area contributed by atoms with Crippen molar-refractivity contribution in [2.45, 2.75) is 39.5 Å². The van der Waals surface area contributed by atoms with E-state index in [2.05, 4.69) is 33.8 Å². The number of phenolic OH excluding ortho intramolecular Hbond substituents is 2. The number of fused-ring (bicyclic) bond motifs is 1. The summed E-state index contributed by atoms with van der Waals surface area (Å²) in [6.45, 7) is 8.59.